The summed E-state index contributed by atoms with van der Waals surface area (Å²) >= 11 is 5.68. The van der Waals surface area contributed by atoms with Crippen molar-refractivity contribution >= 4 is 17.4 Å². The number of benzene rings is 1. The maximum atomic E-state index is 9.42. The van der Waals surface area contributed by atoms with Gasteiger partial charge in [-0.1, -0.05) is 16.8 Å². The number of hydrogen-bond donors (Lipinski definition) is 3. The summed E-state index contributed by atoms with van der Waals surface area (Å²) in [6.07, 6.45) is 0. The average Bonchev–Trinajstić information content (AvgIpc) is 2.10. The molecule has 0 bridgehead atoms. The minimum Gasteiger partial charge on any atom is -0.506 e. The number of amidine groups is 1. The van der Waals surface area contributed by atoms with Crippen LogP contribution in [0.1, 0.15) is 11.1 Å². The van der Waals surface area contributed by atoms with Crippen LogP contribution in [0.2, 0.25) is 5.02 Å². The fourth-order valence-corrected chi connectivity index (χ4v) is 1.26. The molecule has 5 heteroatoms. The van der Waals surface area contributed by atoms with Crippen LogP contribution >= 0.6 is 11.6 Å². The lowest BCUT2D eigenvalue weighted by Gasteiger charge is -2.05. The third kappa shape index (κ3) is 1.84. The summed E-state index contributed by atoms with van der Waals surface area (Å²) in [4.78, 5) is 0. The van der Waals surface area contributed by atoms with Crippen LogP contribution in [0.4, 0.5) is 0 Å². The van der Waals surface area contributed by atoms with Gasteiger partial charge >= 0.3 is 0 Å². The Hall–Kier alpha value is -1.42. The summed E-state index contributed by atoms with van der Waals surface area (Å²) in [5, 5.41) is 20.8. The highest BCUT2D eigenvalue weighted by molar-refractivity contribution is 6.32. The van der Waals surface area contributed by atoms with E-state index in [4.69, 9.17) is 22.5 Å². The number of oxime groups is 1. The Morgan fingerprint density at radius 2 is 2.15 bits per heavy atom. The fourth-order valence-electron chi connectivity index (χ4n) is 0.984. The standard InChI is InChI=1S/C8H9ClN2O2/c1-4-2-5(8(10)11-13)7(12)6(9)3-4/h2-3,12-13H,1H3,(H2,10,11). The first-order valence-electron chi connectivity index (χ1n) is 3.53. The van der Waals surface area contributed by atoms with Gasteiger partial charge in [0, 0.05) is 0 Å². The van der Waals surface area contributed by atoms with Gasteiger partial charge in [0.05, 0.1) is 10.6 Å². The maximum Gasteiger partial charge on any atom is 0.173 e. The van der Waals surface area contributed by atoms with Crippen LogP contribution in [0.5, 0.6) is 5.75 Å². The number of aryl methyl sites for hydroxylation is 1. The van der Waals surface area contributed by atoms with Crippen molar-refractivity contribution in [3.63, 3.8) is 0 Å². The molecule has 0 atom stereocenters. The lowest BCUT2D eigenvalue weighted by atomic mass is 10.1. The van der Waals surface area contributed by atoms with Crippen molar-refractivity contribution in [3.05, 3.63) is 28.3 Å². The van der Waals surface area contributed by atoms with E-state index in [1.165, 1.54) is 0 Å². The van der Waals surface area contributed by atoms with Crippen molar-refractivity contribution in [3.8, 4) is 5.75 Å². The molecular weight excluding hydrogens is 192 g/mol. The molecular formula is C8H9ClN2O2. The highest BCUT2D eigenvalue weighted by Gasteiger charge is 2.10. The van der Waals surface area contributed by atoms with Crippen molar-refractivity contribution in [1.82, 2.24) is 0 Å². The molecule has 0 saturated carbocycles. The second-order valence-electron chi connectivity index (χ2n) is 2.63. The van der Waals surface area contributed by atoms with Crippen molar-refractivity contribution in [2.75, 3.05) is 0 Å². The molecule has 0 amide bonds. The maximum absolute atomic E-state index is 9.42. The van der Waals surface area contributed by atoms with Crippen LogP contribution < -0.4 is 5.73 Å². The van der Waals surface area contributed by atoms with E-state index in [0.717, 1.165) is 5.56 Å². The van der Waals surface area contributed by atoms with Gasteiger partial charge in [0.1, 0.15) is 5.75 Å². The van der Waals surface area contributed by atoms with E-state index < -0.39 is 0 Å². The minimum atomic E-state index is -0.178. The van der Waals surface area contributed by atoms with Gasteiger partial charge in [-0.25, -0.2) is 0 Å². The lowest BCUT2D eigenvalue weighted by molar-refractivity contribution is 0.318. The molecule has 0 aliphatic heterocycles. The molecule has 0 fully saturated rings. The van der Waals surface area contributed by atoms with Crippen LogP contribution in [0.25, 0.3) is 0 Å². The molecule has 13 heavy (non-hydrogen) atoms. The predicted octanol–water partition coefficient (Wildman–Crippen LogP) is 1.45. The molecule has 0 aliphatic rings. The topological polar surface area (TPSA) is 78.8 Å². The Morgan fingerprint density at radius 1 is 1.54 bits per heavy atom. The van der Waals surface area contributed by atoms with E-state index in [0.29, 0.717) is 0 Å². The number of aromatic hydroxyl groups is 1. The largest absolute Gasteiger partial charge is 0.506 e. The van der Waals surface area contributed by atoms with Gasteiger partial charge in [-0.05, 0) is 24.6 Å². The highest BCUT2D eigenvalue weighted by Crippen LogP contribution is 2.28. The summed E-state index contributed by atoms with van der Waals surface area (Å²) < 4.78 is 0. The van der Waals surface area contributed by atoms with Gasteiger partial charge in [0.2, 0.25) is 0 Å². The van der Waals surface area contributed by atoms with Crippen molar-refractivity contribution in [1.29, 1.82) is 0 Å². The molecule has 0 unspecified atom stereocenters. The third-order valence-corrected chi connectivity index (χ3v) is 1.88. The summed E-state index contributed by atoms with van der Waals surface area (Å²) in [6.45, 7) is 1.79. The molecule has 0 aromatic heterocycles. The van der Waals surface area contributed by atoms with Crippen LogP contribution in [0, 0.1) is 6.92 Å². The summed E-state index contributed by atoms with van der Waals surface area (Å²) in [5.41, 5.74) is 6.37. The number of phenolic OH excluding ortho intramolecular Hbond substituents is 1. The molecule has 1 rings (SSSR count). The summed E-state index contributed by atoms with van der Waals surface area (Å²) in [6, 6.07) is 3.17. The van der Waals surface area contributed by atoms with Crippen LogP contribution in [-0.2, 0) is 0 Å². The normalized spacial score (nSPS) is 11.7. The minimum absolute atomic E-state index is 0.164. The van der Waals surface area contributed by atoms with E-state index in [9.17, 15) is 5.11 Å². The van der Waals surface area contributed by atoms with Crippen LogP contribution in [-0.4, -0.2) is 16.1 Å². The van der Waals surface area contributed by atoms with Crippen molar-refractivity contribution < 1.29 is 10.3 Å². The Bertz CT molecular complexity index is 363. The first-order chi connectivity index (χ1) is 6.06. The van der Waals surface area contributed by atoms with E-state index in [2.05, 4.69) is 5.16 Å². The molecule has 1 aromatic rings. The van der Waals surface area contributed by atoms with Gasteiger partial charge in [-0.2, -0.15) is 0 Å². The predicted molar refractivity (Wildman–Crippen MR) is 50.4 cm³/mol. The Morgan fingerprint density at radius 3 is 2.69 bits per heavy atom. The number of nitrogens with two attached hydrogens (primary N) is 1. The molecule has 4 N–H and O–H groups in total. The molecule has 4 nitrogen and oxygen atoms in total. The molecule has 1 aromatic carbocycles. The molecule has 70 valence electrons. The zero-order valence-corrected chi connectivity index (χ0v) is 7.71. The summed E-state index contributed by atoms with van der Waals surface area (Å²) in [7, 11) is 0. The van der Waals surface area contributed by atoms with Gasteiger partial charge < -0.3 is 16.0 Å². The monoisotopic (exact) mass is 200 g/mol. The number of hydrogen-bond acceptors (Lipinski definition) is 3. The number of rotatable bonds is 1. The van der Waals surface area contributed by atoms with E-state index in [-0.39, 0.29) is 22.2 Å². The van der Waals surface area contributed by atoms with Crippen molar-refractivity contribution in [2.45, 2.75) is 6.92 Å². The summed E-state index contributed by atoms with van der Waals surface area (Å²) in [5.74, 6) is -0.342. The lowest BCUT2D eigenvalue weighted by Crippen LogP contribution is -2.13. The molecule has 0 aliphatic carbocycles. The SMILES string of the molecule is Cc1cc(Cl)c(O)c(/C(N)=N\O)c1. The highest BCUT2D eigenvalue weighted by atomic mass is 35.5. The molecule has 0 spiro atoms. The smallest absolute Gasteiger partial charge is 0.173 e. The van der Waals surface area contributed by atoms with E-state index >= 15 is 0 Å². The number of nitrogens with zero attached hydrogens (tertiary/aromatic N) is 1. The van der Waals surface area contributed by atoms with Crippen LogP contribution in [0.15, 0.2) is 17.3 Å². The Balaban J connectivity index is 3.37. The first-order valence-corrected chi connectivity index (χ1v) is 3.91. The fraction of sp³-hybridized carbons (Fsp3) is 0.125. The number of halogens is 1. The molecule has 0 heterocycles. The van der Waals surface area contributed by atoms with Gasteiger partial charge in [-0.3, -0.25) is 0 Å². The van der Waals surface area contributed by atoms with E-state index in [1.807, 2.05) is 0 Å². The molecule has 0 radical (unpaired) electrons. The number of phenols is 1. The third-order valence-electron chi connectivity index (χ3n) is 1.59. The van der Waals surface area contributed by atoms with Crippen molar-refractivity contribution in [2.24, 2.45) is 10.9 Å². The second-order valence-corrected chi connectivity index (χ2v) is 3.04. The van der Waals surface area contributed by atoms with Gasteiger partial charge in [0.25, 0.3) is 0 Å². The molecule has 0 saturated heterocycles. The van der Waals surface area contributed by atoms with E-state index in [1.54, 1.807) is 19.1 Å². The van der Waals surface area contributed by atoms with Gasteiger partial charge in [-0.15, -0.1) is 0 Å². The van der Waals surface area contributed by atoms with Crippen LogP contribution in [0.3, 0.4) is 0 Å². The quantitative estimate of drug-likeness (QED) is 0.278. The zero-order valence-electron chi connectivity index (χ0n) is 6.95. The first kappa shape index (κ1) is 9.67. The Kier molecular flexibility index (Phi) is 2.63. The van der Waals surface area contributed by atoms with Gasteiger partial charge in [0.15, 0.2) is 5.84 Å². The second kappa shape index (κ2) is 3.53. The zero-order chi connectivity index (χ0) is 10.0. The Labute approximate surface area is 80.2 Å². The average molecular weight is 201 g/mol.